The highest BCUT2D eigenvalue weighted by Crippen LogP contribution is 2.19. The van der Waals surface area contributed by atoms with Crippen LogP contribution in [0.4, 0.5) is 0 Å². The molecule has 0 N–H and O–H groups in total. The van der Waals surface area contributed by atoms with Crippen molar-refractivity contribution in [2.45, 2.75) is 13.5 Å². The molecule has 26 heavy (non-hydrogen) atoms. The van der Waals surface area contributed by atoms with Gasteiger partial charge in [-0.1, -0.05) is 16.8 Å². The van der Waals surface area contributed by atoms with Crippen LogP contribution in [-0.2, 0) is 11.3 Å². The summed E-state index contributed by atoms with van der Waals surface area (Å²) in [4.78, 5) is 16.4. The highest BCUT2D eigenvalue weighted by Gasteiger charge is 2.14. The van der Waals surface area contributed by atoms with Crippen molar-refractivity contribution in [2.24, 2.45) is 0 Å². The predicted octanol–water partition coefficient (Wildman–Crippen LogP) is 3.10. The minimum Gasteiger partial charge on any atom is -0.452 e. The van der Waals surface area contributed by atoms with E-state index in [2.05, 4.69) is 20.3 Å². The van der Waals surface area contributed by atoms with Gasteiger partial charge in [-0.3, -0.25) is 4.40 Å². The molecule has 0 atom stereocenters. The van der Waals surface area contributed by atoms with Crippen molar-refractivity contribution in [3.05, 3.63) is 64.9 Å². The van der Waals surface area contributed by atoms with Crippen LogP contribution >= 0.6 is 11.6 Å². The van der Waals surface area contributed by atoms with Gasteiger partial charge < -0.3 is 9.26 Å². The largest absolute Gasteiger partial charge is 0.452 e. The molecule has 130 valence electrons. The van der Waals surface area contributed by atoms with Crippen LogP contribution in [0.1, 0.15) is 22.1 Å². The second kappa shape index (κ2) is 6.57. The lowest BCUT2D eigenvalue weighted by Gasteiger charge is -2.03. The summed E-state index contributed by atoms with van der Waals surface area (Å²) in [6.45, 7) is 1.67. The smallest absolute Gasteiger partial charge is 0.340 e. The van der Waals surface area contributed by atoms with E-state index in [1.807, 2.05) is 0 Å². The summed E-state index contributed by atoms with van der Waals surface area (Å²) in [5.41, 5.74) is 1.78. The number of hydrogen-bond acceptors (Lipinski definition) is 7. The van der Waals surface area contributed by atoms with E-state index < -0.39 is 5.97 Å². The Morgan fingerprint density at radius 2 is 2.00 bits per heavy atom. The van der Waals surface area contributed by atoms with E-state index in [0.717, 1.165) is 5.56 Å². The number of rotatable bonds is 4. The minimum absolute atomic E-state index is 0.126. The van der Waals surface area contributed by atoms with Gasteiger partial charge in [-0.15, -0.1) is 10.2 Å². The summed E-state index contributed by atoms with van der Waals surface area (Å²) >= 11 is 5.85. The molecule has 0 saturated carbocycles. The fourth-order valence-corrected chi connectivity index (χ4v) is 2.49. The van der Waals surface area contributed by atoms with Crippen LogP contribution < -0.4 is 0 Å². The number of fused-ring (bicyclic) bond motifs is 1. The van der Waals surface area contributed by atoms with Crippen LogP contribution in [0, 0.1) is 6.92 Å². The number of aryl methyl sites for hydroxylation is 1. The topological polar surface area (TPSA) is 95.4 Å². The summed E-state index contributed by atoms with van der Waals surface area (Å²) in [5, 5.41) is 12.4. The first-order chi connectivity index (χ1) is 12.6. The highest BCUT2D eigenvalue weighted by molar-refractivity contribution is 6.30. The lowest BCUT2D eigenvalue weighted by atomic mass is 10.2. The first-order valence-corrected chi connectivity index (χ1v) is 8.05. The van der Waals surface area contributed by atoms with Crippen molar-refractivity contribution in [3.8, 4) is 11.4 Å². The first kappa shape index (κ1) is 16.2. The van der Waals surface area contributed by atoms with Crippen molar-refractivity contribution >= 4 is 23.2 Å². The number of hydrogen-bond donors (Lipinski definition) is 0. The van der Waals surface area contributed by atoms with Gasteiger partial charge >= 0.3 is 5.97 Å². The molecule has 0 spiro atoms. The maximum atomic E-state index is 12.2. The molecule has 3 aromatic heterocycles. The summed E-state index contributed by atoms with van der Waals surface area (Å²) in [6, 6.07) is 10.3. The van der Waals surface area contributed by atoms with Crippen molar-refractivity contribution in [2.75, 3.05) is 0 Å². The maximum absolute atomic E-state index is 12.2. The Labute approximate surface area is 152 Å². The lowest BCUT2D eigenvalue weighted by molar-refractivity contribution is 0.0429. The average molecular weight is 370 g/mol. The Hall–Kier alpha value is -3.26. The van der Waals surface area contributed by atoms with Gasteiger partial charge in [0, 0.05) is 16.8 Å². The third-order valence-corrected chi connectivity index (χ3v) is 3.96. The third-order valence-electron chi connectivity index (χ3n) is 3.71. The molecule has 3 heterocycles. The fraction of sp³-hybridized carbons (Fsp3) is 0.118. The van der Waals surface area contributed by atoms with Crippen molar-refractivity contribution in [1.82, 2.24) is 24.7 Å². The Bertz CT molecular complexity index is 1090. The maximum Gasteiger partial charge on any atom is 0.340 e. The molecular weight excluding hydrogens is 358 g/mol. The normalized spacial score (nSPS) is 11.0. The zero-order chi connectivity index (χ0) is 18.1. The van der Waals surface area contributed by atoms with Crippen LogP contribution in [0.25, 0.3) is 17.0 Å². The number of pyridine rings is 1. The van der Waals surface area contributed by atoms with Gasteiger partial charge in [0.25, 0.3) is 5.89 Å². The van der Waals surface area contributed by atoms with Crippen molar-refractivity contribution < 1.29 is 14.1 Å². The van der Waals surface area contributed by atoms with Crippen LogP contribution in [0.5, 0.6) is 0 Å². The molecule has 0 saturated heterocycles. The van der Waals surface area contributed by atoms with Crippen molar-refractivity contribution in [3.63, 3.8) is 0 Å². The second-order valence-electron chi connectivity index (χ2n) is 5.49. The molecule has 0 aliphatic carbocycles. The Morgan fingerprint density at radius 1 is 1.19 bits per heavy atom. The van der Waals surface area contributed by atoms with Crippen LogP contribution in [-0.4, -0.2) is 30.7 Å². The van der Waals surface area contributed by atoms with E-state index in [-0.39, 0.29) is 12.5 Å². The number of carbonyl (C=O) groups is 1. The van der Waals surface area contributed by atoms with Gasteiger partial charge in [-0.2, -0.15) is 4.98 Å². The van der Waals surface area contributed by atoms with Gasteiger partial charge in [-0.05, 0) is 43.3 Å². The standard InChI is InChI=1S/C17H12ClN5O3/c1-10-20-21-14-7-4-12(8-23(10)14)17(24)25-9-15-19-16(22-26-15)11-2-5-13(18)6-3-11/h2-8H,9H2,1H3. The number of benzene rings is 1. The molecule has 0 radical (unpaired) electrons. The zero-order valence-corrected chi connectivity index (χ0v) is 14.3. The van der Waals surface area contributed by atoms with Gasteiger partial charge in [-0.25, -0.2) is 4.79 Å². The molecule has 8 nitrogen and oxygen atoms in total. The second-order valence-corrected chi connectivity index (χ2v) is 5.92. The lowest BCUT2D eigenvalue weighted by Crippen LogP contribution is -2.07. The Balaban J connectivity index is 1.45. The summed E-state index contributed by atoms with van der Waals surface area (Å²) in [6.07, 6.45) is 1.62. The minimum atomic E-state index is -0.508. The van der Waals surface area contributed by atoms with Crippen LogP contribution in [0.2, 0.25) is 5.02 Å². The quantitative estimate of drug-likeness (QED) is 0.510. The first-order valence-electron chi connectivity index (χ1n) is 7.67. The number of halogens is 1. The number of esters is 1. The Kier molecular flexibility index (Phi) is 4.10. The highest BCUT2D eigenvalue weighted by atomic mass is 35.5. The van der Waals surface area contributed by atoms with Crippen LogP contribution in [0.15, 0.2) is 47.1 Å². The third kappa shape index (κ3) is 3.14. The van der Waals surface area contributed by atoms with E-state index in [4.69, 9.17) is 20.9 Å². The van der Waals surface area contributed by atoms with E-state index in [9.17, 15) is 4.79 Å². The predicted molar refractivity (Wildman–Crippen MR) is 91.6 cm³/mol. The molecule has 0 fully saturated rings. The van der Waals surface area contributed by atoms with Gasteiger partial charge in [0.05, 0.1) is 5.56 Å². The molecule has 9 heteroatoms. The summed E-state index contributed by atoms with van der Waals surface area (Å²) in [5.74, 6) is 0.768. The number of carbonyl (C=O) groups excluding carboxylic acids is 1. The van der Waals surface area contributed by atoms with E-state index in [0.29, 0.717) is 27.9 Å². The molecule has 4 aromatic rings. The molecule has 0 unspecified atom stereocenters. The zero-order valence-electron chi connectivity index (χ0n) is 13.6. The summed E-state index contributed by atoms with van der Waals surface area (Å²) < 4.78 is 12.1. The van der Waals surface area contributed by atoms with Crippen LogP contribution in [0.3, 0.4) is 0 Å². The van der Waals surface area contributed by atoms with Gasteiger partial charge in [0.15, 0.2) is 12.3 Å². The molecule has 4 rings (SSSR count). The fourth-order valence-electron chi connectivity index (χ4n) is 2.37. The SMILES string of the molecule is Cc1nnc2ccc(C(=O)OCc3nc(-c4ccc(Cl)cc4)no3)cn12. The monoisotopic (exact) mass is 369 g/mol. The molecule has 0 amide bonds. The summed E-state index contributed by atoms with van der Waals surface area (Å²) in [7, 11) is 0. The average Bonchev–Trinajstić information content (AvgIpc) is 3.27. The molecular formula is C17H12ClN5O3. The van der Waals surface area contributed by atoms with E-state index >= 15 is 0 Å². The Morgan fingerprint density at radius 3 is 2.81 bits per heavy atom. The van der Waals surface area contributed by atoms with Crippen molar-refractivity contribution in [1.29, 1.82) is 0 Å². The number of ether oxygens (including phenoxy) is 1. The molecule has 0 bridgehead atoms. The van der Waals surface area contributed by atoms with E-state index in [1.165, 1.54) is 0 Å². The number of nitrogens with zero attached hydrogens (tertiary/aromatic N) is 5. The number of aromatic nitrogens is 5. The van der Waals surface area contributed by atoms with Gasteiger partial charge in [0.1, 0.15) is 5.82 Å². The molecule has 0 aliphatic rings. The van der Waals surface area contributed by atoms with E-state index in [1.54, 1.807) is 53.9 Å². The molecule has 1 aromatic carbocycles. The molecule has 0 aliphatic heterocycles. The van der Waals surface area contributed by atoms with Gasteiger partial charge in [0.2, 0.25) is 5.82 Å².